The molecule has 1 aromatic carbocycles. The van der Waals surface area contributed by atoms with Crippen molar-refractivity contribution in [1.29, 1.82) is 0 Å². The molecule has 1 amide bonds. The third-order valence-corrected chi connectivity index (χ3v) is 7.82. The lowest BCUT2D eigenvalue weighted by Crippen LogP contribution is -2.22. The Morgan fingerprint density at radius 1 is 1.23 bits per heavy atom. The number of benzene rings is 1. The van der Waals surface area contributed by atoms with Crippen LogP contribution in [0.2, 0.25) is 0 Å². The van der Waals surface area contributed by atoms with Crippen LogP contribution in [0.4, 0.5) is 0 Å². The molecule has 2 aromatic heterocycles. The smallest absolute Gasteiger partial charge is 0.250 e. The molecule has 0 aliphatic carbocycles. The molecule has 4 rings (SSSR count). The minimum atomic E-state index is -2.91. The molecule has 3 N–H and O–H groups in total. The largest absolute Gasteiger partial charge is 0.366 e. The molecule has 26 heavy (non-hydrogen) atoms. The maximum absolute atomic E-state index is 12.0. The zero-order valence-electron chi connectivity index (χ0n) is 14.4. The van der Waals surface area contributed by atoms with Crippen LogP contribution in [0.3, 0.4) is 0 Å². The standard InChI is InChI=1S/C19H20N2O3S2/c1-11-9-25-10-17(11)13-6-14-16(12-2-4-26(23,24)5-3-12)8-21-18(14)15(7-13)19(20)22/h6-10,12,21H,2-5H2,1H3,(H2,20,22). The molecule has 0 saturated carbocycles. The highest BCUT2D eigenvalue weighted by molar-refractivity contribution is 7.91. The first-order chi connectivity index (χ1) is 12.4. The molecule has 1 aliphatic heterocycles. The van der Waals surface area contributed by atoms with E-state index in [1.807, 2.05) is 19.2 Å². The summed E-state index contributed by atoms with van der Waals surface area (Å²) in [7, 11) is -2.91. The second kappa shape index (κ2) is 6.25. The minimum Gasteiger partial charge on any atom is -0.366 e. The van der Waals surface area contributed by atoms with Crippen LogP contribution in [0.15, 0.2) is 29.1 Å². The molecular weight excluding hydrogens is 368 g/mol. The summed E-state index contributed by atoms with van der Waals surface area (Å²) in [6.45, 7) is 2.05. The van der Waals surface area contributed by atoms with Crippen molar-refractivity contribution < 1.29 is 13.2 Å². The third-order valence-electron chi connectivity index (χ3n) is 5.25. The van der Waals surface area contributed by atoms with Gasteiger partial charge in [-0.05, 0) is 70.8 Å². The molecule has 3 aromatic rings. The number of sulfone groups is 1. The van der Waals surface area contributed by atoms with Gasteiger partial charge in [-0.15, -0.1) is 0 Å². The van der Waals surface area contributed by atoms with Crippen LogP contribution < -0.4 is 5.73 Å². The normalized spacial score (nSPS) is 17.6. The highest BCUT2D eigenvalue weighted by atomic mass is 32.2. The summed E-state index contributed by atoms with van der Waals surface area (Å²) in [6.07, 6.45) is 3.13. The van der Waals surface area contributed by atoms with E-state index < -0.39 is 15.7 Å². The number of carbonyl (C=O) groups is 1. The van der Waals surface area contributed by atoms with Crippen LogP contribution >= 0.6 is 11.3 Å². The number of primary amides is 1. The first-order valence-corrected chi connectivity index (χ1v) is 11.3. The van der Waals surface area contributed by atoms with E-state index >= 15 is 0 Å². The zero-order chi connectivity index (χ0) is 18.5. The molecule has 136 valence electrons. The fourth-order valence-electron chi connectivity index (χ4n) is 3.80. The van der Waals surface area contributed by atoms with Crippen LogP contribution in [0, 0.1) is 6.92 Å². The van der Waals surface area contributed by atoms with Crippen LogP contribution in [-0.4, -0.2) is 30.8 Å². The number of nitrogens with one attached hydrogen (secondary N) is 1. The van der Waals surface area contributed by atoms with Gasteiger partial charge in [0.05, 0.1) is 22.6 Å². The van der Waals surface area contributed by atoms with Gasteiger partial charge >= 0.3 is 0 Å². The molecule has 5 nitrogen and oxygen atoms in total. The van der Waals surface area contributed by atoms with Crippen molar-refractivity contribution in [1.82, 2.24) is 4.98 Å². The van der Waals surface area contributed by atoms with E-state index in [2.05, 4.69) is 21.8 Å². The van der Waals surface area contributed by atoms with Gasteiger partial charge in [0.1, 0.15) is 9.84 Å². The summed E-state index contributed by atoms with van der Waals surface area (Å²) in [6, 6.07) is 3.93. The topological polar surface area (TPSA) is 93.0 Å². The van der Waals surface area contributed by atoms with Gasteiger partial charge in [-0.3, -0.25) is 4.79 Å². The molecular formula is C19H20N2O3S2. The average Bonchev–Trinajstić information content (AvgIpc) is 3.20. The molecule has 0 bridgehead atoms. The van der Waals surface area contributed by atoms with Crippen molar-refractivity contribution in [2.45, 2.75) is 25.7 Å². The fourth-order valence-corrected chi connectivity index (χ4v) is 6.15. The van der Waals surface area contributed by atoms with Crippen LogP contribution in [-0.2, 0) is 9.84 Å². The molecule has 1 saturated heterocycles. The summed E-state index contributed by atoms with van der Waals surface area (Å²) in [5, 5.41) is 5.11. The highest BCUT2D eigenvalue weighted by Crippen LogP contribution is 2.38. The van der Waals surface area contributed by atoms with E-state index in [4.69, 9.17) is 5.73 Å². The molecule has 1 aliphatic rings. The van der Waals surface area contributed by atoms with E-state index in [9.17, 15) is 13.2 Å². The number of hydrogen-bond acceptors (Lipinski definition) is 4. The molecule has 0 unspecified atom stereocenters. The molecule has 0 spiro atoms. The van der Waals surface area contributed by atoms with Crippen molar-refractivity contribution in [2.75, 3.05) is 11.5 Å². The van der Waals surface area contributed by atoms with Crippen LogP contribution in [0.1, 0.15) is 40.2 Å². The molecule has 1 fully saturated rings. The zero-order valence-corrected chi connectivity index (χ0v) is 16.0. The van der Waals surface area contributed by atoms with Gasteiger partial charge in [0.15, 0.2) is 0 Å². The summed E-state index contributed by atoms with van der Waals surface area (Å²) in [5.74, 6) is 0.142. The fraction of sp³-hybridized carbons (Fsp3) is 0.316. The Kier molecular flexibility index (Phi) is 4.16. The Hall–Kier alpha value is -2.12. The van der Waals surface area contributed by atoms with Gasteiger partial charge in [0, 0.05) is 11.6 Å². The van der Waals surface area contributed by atoms with Crippen molar-refractivity contribution >= 4 is 38.0 Å². The number of thiophene rings is 1. The SMILES string of the molecule is Cc1cscc1-c1cc(C(N)=O)c2[nH]cc(C3CCS(=O)(=O)CC3)c2c1. The van der Waals surface area contributed by atoms with Crippen LogP contribution in [0.25, 0.3) is 22.0 Å². The van der Waals surface area contributed by atoms with Gasteiger partial charge < -0.3 is 10.7 Å². The van der Waals surface area contributed by atoms with Gasteiger partial charge in [0.2, 0.25) is 0 Å². The number of aromatic nitrogens is 1. The summed E-state index contributed by atoms with van der Waals surface area (Å²) in [4.78, 5) is 15.2. The summed E-state index contributed by atoms with van der Waals surface area (Å²) >= 11 is 1.62. The number of hydrogen-bond donors (Lipinski definition) is 2. The number of aryl methyl sites for hydroxylation is 1. The number of carbonyl (C=O) groups excluding carboxylic acids is 1. The van der Waals surface area contributed by atoms with Crippen LogP contribution in [0.5, 0.6) is 0 Å². The number of nitrogens with two attached hydrogens (primary N) is 1. The van der Waals surface area contributed by atoms with Crippen molar-refractivity contribution in [3.05, 3.63) is 45.8 Å². The van der Waals surface area contributed by atoms with Gasteiger partial charge in [-0.1, -0.05) is 0 Å². The van der Waals surface area contributed by atoms with E-state index in [0.717, 1.165) is 33.2 Å². The summed E-state index contributed by atoms with van der Waals surface area (Å²) < 4.78 is 23.5. The Morgan fingerprint density at radius 2 is 1.96 bits per heavy atom. The van der Waals surface area contributed by atoms with E-state index in [-0.39, 0.29) is 17.4 Å². The quantitative estimate of drug-likeness (QED) is 0.718. The maximum atomic E-state index is 12.0. The van der Waals surface area contributed by atoms with Crippen molar-refractivity contribution in [3.63, 3.8) is 0 Å². The molecule has 0 atom stereocenters. The van der Waals surface area contributed by atoms with Crippen molar-refractivity contribution in [3.8, 4) is 11.1 Å². The van der Waals surface area contributed by atoms with E-state index in [1.165, 1.54) is 0 Å². The molecule has 3 heterocycles. The summed E-state index contributed by atoms with van der Waals surface area (Å²) in [5.41, 5.74) is 11.1. The Labute approximate surface area is 156 Å². The van der Waals surface area contributed by atoms with Gasteiger partial charge in [0.25, 0.3) is 5.91 Å². The number of amides is 1. The first kappa shape index (κ1) is 17.3. The van der Waals surface area contributed by atoms with E-state index in [0.29, 0.717) is 18.4 Å². The highest BCUT2D eigenvalue weighted by Gasteiger charge is 2.27. The predicted molar refractivity (Wildman–Crippen MR) is 105 cm³/mol. The van der Waals surface area contributed by atoms with E-state index in [1.54, 1.807) is 11.3 Å². The Morgan fingerprint density at radius 3 is 2.58 bits per heavy atom. The minimum absolute atomic E-state index is 0.173. The number of rotatable bonds is 3. The lowest BCUT2D eigenvalue weighted by molar-refractivity contribution is 0.100. The Balaban J connectivity index is 1.87. The molecule has 7 heteroatoms. The van der Waals surface area contributed by atoms with Gasteiger partial charge in [-0.25, -0.2) is 8.42 Å². The molecule has 0 radical (unpaired) electrons. The lowest BCUT2D eigenvalue weighted by atomic mass is 9.91. The number of fused-ring (bicyclic) bond motifs is 1. The number of aromatic amines is 1. The second-order valence-electron chi connectivity index (χ2n) is 6.95. The predicted octanol–water partition coefficient (Wildman–Crippen LogP) is 3.60. The second-order valence-corrected chi connectivity index (χ2v) is 10.00. The first-order valence-electron chi connectivity index (χ1n) is 8.54. The monoisotopic (exact) mass is 388 g/mol. The number of H-pyrrole nitrogens is 1. The third kappa shape index (κ3) is 2.95. The Bertz CT molecular complexity index is 1100. The average molecular weight is 389 g/mol. The maximum Gasteiger partial charge on any atom is 0.250 e. The van der Waals surface area contributed by atoms with Crippen molar-refractivity contribution in [2.24, 2.45) is 5.73 Å². The lowest BCUT2D eigenvalue weighted by Gasteiger charge is -2.21. The van der Waals surface area contributed by atoms with Gasteiger partial charge in [-0.2, -0.15) is 11.3 Å².